The maximum atomic E-state index is 12.0. The van der Waals surface area contributed by atoms with Crippen molar-refractivity contribution in [2.45, 2.75) is 33.1 Å². The van der Waals surface area contributed by atoms with Crippen molar-refractivity contribution < 1.29 is 9.59 Å². The van der Waals surface area contributed by atoms with Gasteiger partial charge in [0.15, 0.2) is 0 Å². The molecule has 1 aliphatic carbocycles. The van der Waals surface area contributed by atoms with Crippen molar-refractivity contribution in [3.8, 4) is 0 Å². The Bertz CT molecular complexity index is 579. The number of Topliss-reactive ketones (excluding diaryl/α,β-unsaturated/α-hetero) is 1. The highest BCUT2D eigenvalue weighted by Gasteiger charge is 2.30. The van der Waals surface area contributed by atoms with Crippen LogP contribution in [0.4, 0.5) is 0 Å². The van der Waals surface area contributed by atoms with Crippen molar-refractivity contribution in [1.29, 1.82) is 0 Å². The summed E-state index contributed by atoms with van der Waals surface area (Å²) in [6, 6.07) is 7.09. The van der Waals surface area contributed by atoms with E-state index in [2.05, 4.69) is 26.5 Å². The Hall–Kier alpha value is -1.49. The lowest BCUT2D eigenvalue weighted by molar-refractivity contribution is -0.120. The van der Waals surface area contributed by atoms with E-state index in [4.69, 9.17) is 0 Å². The number of nitrogens with zero attached hydrogens (tertiary/aromatic N) is 1. The number of hydrazone groups is 1. The molecule has 0 bridgehead atoms. The van der Waals surface area contributed by atoms with E-state index in [1.54, 1.807) is 18.2 Å². The molecule has 106 valence electrons. The van der Waals surface area contributed by atoms with Gasteiger partial charge in [0.05, 0.1) is 0 Å². The first-order chi connectivity index (χ1) is 9.35. The van der Waals surface area contributed by atoms with Crippen LogP contribution in [-0.4, -0.2) is 17.4 Å². The molecule has 1 amide bonds. The number of rotatable bonds is 2. The zero-order valence-corrected chi connectivity index (χ0v) is 13.2. The molecule has 5 heteroatoms. The minimum absolute atomic E-state index is 0.0747. The lowest BCUT2D eigenvalue weighted by Crippen LogP contribution is -2.31. The van der Waals surface area contributed by atoms with E-state index in [1.165, 1.54) is 0 Å². The summed E-state index contributed by atoms with van der Waals surface area (Å²) < 4.78 is 0.840. The molecule has 1 fully saturated rings. The van der Waals surface area contributed by atoms with Crippen molar-refractivity contribution in [1.82, 2.24) is 5.43 Å². The lowest BCUT2D eigenvalue weighted by Gasteiger charge is -2.28. The van der Waals surface area contributed by atoms with Crippen molar-refractivity contribution in [2.24, 2.45) is 10.5 Å². The highest BCUT2D eigenvalue weighted by Crippen LogP contribution is 2.31. The van der Waals surface area contributed by atoms with Crippen LogP contribution in [0.2, 0.25) is 0 Å². The Balaban J connectivity index is 2.05. The molecule has 0 atom stereocenters. The molecule has 1 aliphatic rings. The maximum absolute atomic E-state index is 12.0. The van der Waals surface area contributed by atoms with Crippen LogP contribution in [0.3, 0.4) is 0 Å². The molecule has 0 radical (unpaired) electrons. The number of ketones is 1. The summed E-state index contributed by atoms with van der Waals surface area (Å²) in [5, 5.41) is 4.12. The average Bonchev–Trinajstić information content (AvgIpc) is 2.33. The minimum atomic E-state index is -0.269. The summed E-state index contributed by atoms with van der Waals surface area (Å²) >= 11 is 3.32. The molecule has 0 heterocycles. The molecule has 1 N–H and O–H groups in total. The van der Waals surface area contributed by atoms with Gasteiger partial charge in [0.1, 0.15) is 5.78 Å². The number of hydrogen-bond acceptors (Lipinski definition) is 3. The number of nitrogens with one attached hydrogen (secondary N) is 1. The highest BCUT2D eigenvalue weighted by atomic mass is 79.9. The number of hydrogen-bond donors (Lipinski definition) is 1. The highest BCUT2D eigenvalue weighted by molar-refractivity contribution is 9.10. The van der Waals surface area contributed by atoms with Crippen LogP contribution >= 0.6 is 15.9 Å². The summed E-state index contributed by atoms with van der Waals surface area (Å²) in [7, 11) is 0. The third kappa shape index (κ3) is 4.00. The topological polar surface area (TPSA) is 58.5 Å². The first-order valence-electron chi connectivity index (χ1n) is 6.49. The Morgan fingerprint density at radius 3 is 2.75 bits per heavy atom. The number of carbonyl (C=O) groups is 2. The Kier molecular flexibility index (Phi) is 4.38. The third-order valence-corrected chi connectivity index (χ3v) is 3.66. The fraction of sp³-hybridized carbons (Fsp3) is 0.400. The second kappa shape index (κ2) is 5.87. The summed E-state index contributed by atoms with van der Waals surface area (Å²) in [6.45, 7) is 4.07. The van der Waals surface area contributed by atoms with E-state index >= 15 is 0 Å². The van der Waals surface area contributed by atoms with Gasteiger partial charge in [-0.05, 0) is 30.0 Å². The standard InChI is InChI=1S/C15H17BrN2O2/c1-15(2)8-12(7-13(19)9-15)17-18-14(20)10-4-3-5-11(16)6-10/h3-6H,7-9H2,1-2H3,(H,18,20)/b17-12+. The van der Waals surface area contributed by atoms with E-state index in [1.807, 2.05) is 19.9 Å². The van der Waals surface area contributed by atoms with Gasteiger partial charge in [-0.3, -0.25) is 9.59 Å². The van der Waals surface area contributed by atoms with Gasteiger partial charge in [0.25, 0.3) is 5.91 Å². The summed E-state index contributed by atoms with van der Waals surface area (Å²) in [5.41, 5.74) is 3.73. The molecular formula is C15H17BrN2O2. The molecule has 4 nitrogen and oxygen atoms in total. The van der Waals surface area contributed by atoms with Gasteiger partial charge < -0.3 is 0 Å². The van der Waals surface area contributed by atoms with Gasteiger partial charge in [-0.15, -0.1) is 0 Å². The van der Waals surface area contributed by atoms with Gasteiger partial charge >= 0.3 is 0 Å². The van der Waals surface area contributed by atoms with E-state index in [0.717, 1.165) is 16.6 Å². The van der Waals surface area contributed by atoms with E-state index in [9.17, 15) is 9.59 Å². The predicted molar refractivity (Wildman–Crippen MR) is 81.7 cm³/mol. The van der Waals surface area contributed by atoms with Crippen molar-refractivity contribution in [3.05, 3.63) is 34.3 Å². The predicted octanol–water partition coefficient (Wildman–Crippen LogP) is 3.31. The molecule has 1 aromatic rings. The summed E-state index contributed by atoms with van der Waals surface area (Å²) in [6.07, 6.45) is 1.64. The maximum Gasteiger partial charge on any atom is 0.271 e. The zero-order chi connectivity index (χ0) is 14.8. The lowest BCUT2D eigenvalue weighted by atomic mass is 9.76. The molecule has 0 unspecified atom stereocenters. The Morgan fingerprint density at radius 2 is 2.10 bits per heavy atom. The van der Waals surface area contributed by atoms with Crippen LogP contribution in [0, 0.1) is 5.41 Å². The largest absolute Gasteiger partial charge is 0.299 e. The summed E-state index contributed by atoms with van der Waals surface area (Å²) in [4.78, 5) is 23.6. The van der Waals surface area contributed by atoms with E-state index in [0.29, 0.717) is 18.4 Å². The fourth-order valence-corrected chi connectivity index (χ4v) is 2.80. The first kappa shape index (κ1) is 14.9. The number of halogens is 1. The normalized spacial score (nSPS) is 19.9. The average molecular weight is 337 g/mol. The van der Waals surface area contributed by atoms with E-state index < -0.39 is 0 Å². The zero-order valence-electron chi connectivity index (χ0n) is 11.6. The molecule has 1 saturated carbocycles. The quantitative estimate of drug-likeness (QED) is 0.842. The number of carbonyl (C=O) groups excluding carboxylic acids is 2. The molecule has 20 heavy (non-hydrogen) atoms. The SMILES string of the molecule is CC1(C)CC(=O)C/C(=N\NC(=O)c2cccc(Br)c2)C1. The molecule has 1 aromatic carbocycles. The van der Waals surface area contributed by atoms with Crippen LogP contribution in [0.15, 0.2) is 33.8 Å². The van der Waals surface area contributed by atoms with E-state index in [-0.39, 0.29) is 17.1 Å². The number of benzene rings is 1. The van der Waals surface area contributed by atoms with Gasteiger partial charge in [0, 0.05) is 28.6 Å². The number of amides is 1. The Labute approximate surface area is 126 Å². The molecule has 0 aromatic heterocycles. The van der Waals surface area contributed by atoms with Gasteiger partial charge in [-0.25, -0.2) is 5.43 Å². The van der Waals surface area contributed by atoms with Crippen LogP contribution in [0.25, 0.3) is 0 Å². The van der Waals surface area contributed by atoms with Gasteiger partial charge in [-0.2, -0.15) is 5.10 Å². The summed E-state index contributed by atoms with van der Waals surface area (Å²) in [5.74, 6) is -0.0914. The van der Waals surface area contributed by atoms with Crippen LogP contribution in [0.5, 0.6) is 0 Å². The molecular weight excluding hydrogens is 320 g/mol. The second-order valence-electron chi connectivity index (χ2n) is 5.86. The molecule has 0 saturated heterocycles. The molecule has 2 rings (SSSR count). The van der Waals surface area contributed by atoms with Crippen LogP contribution < -0.4 is 5.43 Å². The first-order valence-corrected chi connectivity index (χ1v) is 7.28. The third-order valence-electron chi connectivity index (χ3n) is 3.16. The van der Waals surface area contributed by atoms with Gasteiger partial charge in [0.2, 0.25) is 0 Å². The van der Waals surface area contributed by atoms with Gasteiger partial charge in [-0.1, -0.05) is 35.8 Å². The minimum Gasteiger partial charge on any atom is -0.299 e. The molecule has 0 spiro atoms. The van der Waals surface area contributed by atoms with Crippen LogP contribution in [-0.2, 0) is 4.79 Å². The fourth-order valence-electron chi connectivity index (χ4n) is 2.40. The monoisotopic (exact) mass is 336 g/mol. The second-order valence-corrected chi connectivity index (χ2v) is 6.78. The van der Waals surface area contributed by atoms with Crippen molar-refractivity contribution in [3.63, 3.8) is 0 Å². The molecule has 0 aliphatic heterocycles. The Morgan fingerprint density at radius 1 is 1.35 bits per heavy atom. The van der Waals surface area contributed by atoms with Crippen molar-refractivity contribution >= 4 is 33.3 Å². The smallest absolute Gasteiger partial charge is 0.271 e. The van der Waals surface area contributed by atoms with Crippen molar-refractivity contribution in [2.75, 3.05) is 0 Å². The van der Waals surface area contributed by atoms with Crippen LogP contribution in [0.1, 0.15) is 43.5 Å².